The Kier molecular flexibility index (Phi) is 6.86. The van der Waals surface area contributed by atoms with E-state index in [0.717, 1.165) is 68.3 Å². The third kappa shape index (κ3) is 5.28. The van der Waals surface area contributed by atoms with Crippen molar-refractivity contribution in [1.29, 1.82) is 0 Å². The summed E-state index contributed by atoms with van der Waals surface area (Å²) < 4.78 is 7.59. The zero-order chi connectivity index (χ0) is 23.2. The van der Waals surface area contributed by atoms with Gasteiger partial charge in [0.2, 0.25) is 11.9 Å². The summed E-state index contributed by atoms with van der Waals surface area (Å²) in [7, 11) is 1.69. The molecule has 4 aromatic rings. The van der Waals surface area contributed by atoms with E-state index in [4.69, 9.17) is 9.72 Å². The molecule has 2 aromatic heterocycles. The molecule has 0 amide bonds. The number of piperidine rings is 1. The second kappa shape index (κ2) is 10.5. The molecule has 5 rings (SSSR count). The van der Waals surface area contributed by atoms with Gasteiger partial charge in [-0.05, 0) is 48.7 Å². The number of hydrogen-bond donors (Lipinski definition) is 2. The van der Waals surface area contributed by atoms with Gasteiger partial charge >= 0.3 is 0 Å². The minimum Gasteiger partial charge on any atom is -0.497 e. The number of ether oxygens (including phenoxy) is 1. The predicted molar refractivity (Wildman–Crippen MR) is 135 cm³/mol. The Morgan fingerprint density at radius 3 is 2.50 bits per heavy atom. The van der Waals surface area contributed by atoms with Gasteiger partial charge < -0.3 is 24.8 Å². The molecule has 176 valence electrons. The molecule has 1 aliphatic rings. The van der Waals surface area contributed by atoms with Crippen LogP contribution in [0.25, 0.3) is 11.0 Å². The molecule has 0 atom stereocenters. The Bertz CT molecular complexity index is 1180. The first-order valence-corrected chi connectivity index (χ1v) is 11.9. The summed E-state index contributed by atoms with van der Waals surface area (Å²) in [6.45, 7) is 4.72. The van der Waals surface area contributed by atoms with Gasteiger partial charge in [0.15, 0.2) is 0 Å². The van der Waals surface area contributed by atoms with Gasteiger partial charge in [0.25, 0.3) is 0 Å². The third-order valence-corrected chi connectivity index (χ3v) is 6.35. The lowest BCUT2D eigenvalue weighted by Crippen LogP contribution is -2.41. The molecule has 2 N–H and O–H groups in total. The number of imidazole rings is 1. The highest BCUT2D eigenvalue weighted by Gasteiger charge is 2.21. The fraction of sp³-hybridized carbons (Fsp3) is 0.346. The smallest absolute Gasteiger partial charge is 0.222 e. The molecule has 0 aliphatic carbocycles. The average Bonchev–Trinajstić information content (AvgIpc) is 3.23. The maximum absolute atomic E-state index is 5.31. The van der Waals surface area contributed by atoms with Crippen molar-refractivity contribution in [2.24, 2.45) is 0 Å². The summed E-state index contributed by atoms with van der Waals surface area (Å²) in [5.74, 6) is 2.50. The van der Waals surface area contributed by atoms with E-state index in [1.807, 2.05) is 24.3 Å². The number of nitrogens with one attached hydrogen (secondary N) is 2. The summed E-state index contributed by atoms with van der Waals surface area (Å²) >= 11 is 0. The monoisotopic (exact) mass is 457 g/mol. The quantitative estimate of drug-likeness (QED) is 0.395. The number of nitrogens with zero attached hydrogens (tertiary/aromatic N) is 5. The highest BCUT2D eigenvalue weighted by molar-refractivity contribution is 5.78. The van der Waals surface area contributed by atoms with Crippen molar-refractivity contribution in [3.05, 3.63) is 72.6 Å². The molecule has 1 fully saturated rings. The lowest BCUT2D eigenvalue weighted by Gasteiger charge is -2.32. The predicted octanol–water partition coefficient (Wildman–Crippen LogP) is 3.87. The van der Waals surface area contributed by atoms with Crippen LogP contribution in [0.1, 0.15) is 18.4 Å². The number of benzene rings is 2. The summed E-state index contributed by atoms with van der Waals surface area (Å²) in [5, 5.41) is 7.04. The minimum absolute atomic E-state index is 0.410. The fourth-order valence-electron chi connectivity index (χ4n) is 4.46. The number of methoxy groups -OCH3 is 1. The van der Waals surface area contributed by atoms with Crippen LogP contribution in [0, 0.1) is 0 Å². The first-order valence-electron chi connectivity index (χ1n) is 11.9. The molecule has 0 radical (unpaired) electrons. The average molecular weight is 458 g/mol. The van der Waals surface area contributed by atoms with Crippen LogP contribution in [0.5, 0.6) is 5.75 Å². The Hall–Kier alpha value is -3.65. The first kappa shape index (κ1) is 22.2. The molecule has 2 aromatic carbocycles. The van der Waals surface area contributed by atoms with Crippen molar-refractivity contribution in [2.75, 3.05) is 43.9 Å². The minimum atomic E-state index is 0.410. The van der Waals surface area contributed by atoms with Crippen molar-refractivity contribution in [2.45, 2.75) is 25.4 Å². The van der Waals surface area contributed by atoms with Crippen molar-refractivity contribution in [3.8, 4) is 5.75 Å². The molecule has 0 bridgehead atoms. The lowest BCUT2D eigenvalue weighted by molar-refractivity contribution is 0.226. The highest BCUT2D eigenvalue weighted by atomic mass is 16.5. The molecule has 3 heterocycles. The first-order chi connectivity index (χ1) is 16.8. The number of para-hydroxylation sites is 2. The van der Waals surface area contributed by atoms with Crippen molar-refractivity contribution in [3.63, 3.8) is 0 Å². The summed E-state index contributed by atoms with van der Waals surface area (Å²) in [6, 6.07) is 18.8. The Morgan fingerprint density at radius 2 is 1.74 bits per heavy atom. The van der Waals surface area contributed by atoms with E-state index in [1.54, 1.807) is 19.5 Å². The van der Waals surface area contributed by atoms with Crippen molar-refractivity contribution < 1.29 is 4.74 Å². The number of likely N-dealkylation sites (tertiary alicyclic amines) is 1. The van der Waals surface area contributed by atoms with E-state index in [9.17, 15) is 0 Å². The summed E-state index contributed by atoms with van der Waals surface area (Å²) in [5.41, 5.74) is 3.38. The summed E-state index contributed by atoms with van der Waals surface area (Å²) in [4.78, 5) is 15.9. The van der Waals surface area contributed by atoms with Crippen LogP contribution in [-0.4, -0.2) is 63.7 Å². The van der Waals surface area contributed by atoms with E-state index in [2.05, 4.69) is 60.4 Å². The number of fused-ring (bicyclic) bond motifs is 1. The van der Waals surface area contributed by atoms with Crippen LogP contribution in [0.2, 0.25) is 0 Å². The summed E-state index contributed by atoms with van der Waals surface area (Å²) in [6.07, 6.45) is 5.70. The Morgan fingerprint density at radius 1 is 0.971 bits per heavy atom. The van der Waals surface area contributed by atoms with Crippen LogP contribution >= 0.6 is 0 Å². The van der Waals surface area contributed by atoms with Gasteiger partial charge in [-0.2, -0.15) is 0 Å². The van der Waals surface area contributed by atoms with Crippen molar-refractivity contribution >= 4 is 22.9 Å². The number of anilines is 2. The Labute approximate surface area is 200 Å². The van der Waals surface area contributed by atoms with Crippen molar-refractivity contribution in [1.82, 2.24) is 24.4 Å². The lowest BCUT2D eigenvalue weighted by atomic mass is 10.1. The van der Waals surface area contributed by atoms with Gasteiger partial charge in [-0.25, -0.2) is 15.0 Å². The SMILES string of the molecule is COc1ccc(Cn2c(NC3CCN(CCNc4ncccn4)CC3)nc3ccccc32)cc1. The second-order valence-electron chi connectivity index (χ2n) is 8.62. The number of aromatic nitrogens is 4. The maximum Gasteiger partial charge on any atom is 0.222 e. The number of rotatable bonds is 9. The molecular weight excluding hydrogens is 426 g/mol. The molecule has 8 heteroatoms. The molecular formula is C26H31N7O. The molecule has 1 aliphatic heterocycles. The molecule has 8 nitrogen and oxygen atoms in total. The van der Waals surface area contributed by atoms with E-state index >= 15 is 0 Å². The Balaban J connectivity index is 1.20. The topological polar surface area (TPSA) is 80.1 Å². The van der Waals surface area contributed by atoms with E-state index in [-0.39, 0.29) is 0 Å². The van der Waals surface area contributed by atoms with E-state index < -0.39 is 0 Å². The van der Waals surface area contributed by atoms with Crippen LogP contribution in [0.4, 0.5) is 11.9 Å². The highest BCUT2D eigenvalue weighted by Crippen LogP contribution is 2.24. The van der Waals surface area contributed by atoms with Crippen LogP contribution in [0.3, 0.4) is 0 Å². The van der Waals surface area contributed by atoms with Gasteiger partial charge in [0.1, 0.15) is 5.75 Å². The van der Waals surface area contributed by atoms with Gasteiger partial charge in [0, 0.05) is 44.6 Å². The number of hydrogen-bond acceptors (Lipinski definition) is 7. The molecule has 1 saturated heterocycles. The van der Waals surface area contributed by atoms with E-state index in [0.29, 0.717) is 12.0 Å². The largest absolute Gasteiger partial charge is 0.497 e. The molecule has 0 unspecified atom stereocenters. The van der Waals surface area contributed by atoms with Crippen LogP contribution in [-0.2, 0) is 6.54 Å². The van der Waals surface area contributed by atoms with Gasteiger partial charge in [-0.15, -0.1) is 0 Å². The third-order valence-electron chi connectivity index (χ3n) is 6.35. The standard InChI is InChI=1S/C26H31N7O/c1-34-22-9-7-20(8-10-22)19-33-24-6-3-2-5-23(24)31-26(33)30-21-11-16-32(17-12-21)18-15-29-25-27-13-4-14-28-25/h2-10,13-14,21H,11-12,15-19H2,1H3,(H,30,31)(H,27,28,29). The van der Waals surface area contributed by atoms with Crippen LogP contribution in [0.15, 0.2) is 67.0 Å². The van der Waals surface area contributed by atoms with Gasteiger partial charge in [-0.1, -0.05) is 24.3 Å². The van der Waals surface area contributed by atoms with Crippen LogP contribution < -0.4 is 15.4 Å². The maximum atomic E-state index is 5.31. The zero-order valence-corrected chi connectivity index (χ0v) is 19.5. The van der Waals surface area contributed by atoms with Gasteiger partial charge in [-0.3, -0.25) is 0 Å². The van der Waals surface area contributed by atoms with E-state index in [1.165, 1.54) is 5.56 Å². The molecule has 0 spiro atoms. The second-order valence-corrected chi connectivity index (χ2v) is 8.62. The molecule has 34 heavy (non-hydrogen) atoms. The molecule has 0 saturated carbocycles. The van der Waals surface area contributed by atoms with Gasteiger partial charge in [0.05, 0.1) is 24.7 Å². The zero-order valence-electron chi connectivity index (χ0n) is 19.5. The fourth-order valence-corrected chi connectivity index (χ4v) is 4.46. The normalized spacial score (nSPS) is 14.9.